The van der Waals surface area contributed by atoms with Crippen LogP contribution < -0.4 is 5.32 Å². The Balaban J connectivity index is 2.23. The van der Waals surface area contributed by atoms with E-state index in [-0.39, 0.29) is 12.1 Å². The summed E-state index contributed by atoms with van der Waals surface area (Å²) < 4.78 is 6.51. The van der Waals surface area contributed by atoms with E-state index in [1.165, 1.54) is 0 Å². The molecule has 5 heteroatoms. The molecule has 1 N–H and O–H groups in total. The number of piperazine rings is 1. The van der Waals surface area contributed by atoms with Crippen LogP contribution in [0.1, 0.15) is 20.3 Å². The molecular weight excluding hydrogens is 308 g/mol. The summed E-state index contributed by atoms with van der Waals surface area (Å²) in [6, 6.07) is 0. The first-order chi connectivity index (χ1) is 9.04. The zero-order valence-corrected chi connectivity index (χ0v) is 13.1. The van der Waals surface area contributed by atoms with Crippen LogP contribution in [0.3, 0.4) is 0 Å². The third-order valence-electron chi connectivity index (χ3n) is 3.50. The number of hydrogen-bond donors (Lipinski definition) is 1. The van der Waals surface area contributed by atoms with Crippen LogP contribution in [0.15, 0.2) is 22.7 Å². The number of rotatable bonds is 3. The van der Waals surface area contributed by atoms with Crippen LogP contribution >= 0.6 is 15.9 Å². The second-order valence-electron chi connectivity index (χ2n) is 5.24. The van der Waals surface area contributed by atoms with Crippen molar-refractivity contribution in [3.8, 4) is 0 Å². The number of esters is 1. The normalized spacial score (nSPS) is 28.3. The van der Waals surface area contributed by atoms with E-state index >= 15 is 0 Å². The van der Waals surface area contributed by atoms with Gasteiger partial charge in [-0.25, -0.2) is 4.79 Å². The molecule has 4 nitrogen and oxygen atoms in total. The molecule has 0 bridgehead atoms. The lowest BCUT2D eigenvalue weighted by molar-refractivity contribution is -0.159. The quantitative estimate of drug-likeness (QED) is 0.802. The first-order valence-electron chi connectivity index (χ1n) is 6.76. The van der Waals surface area contributed by atoms with Crippen molar-refractivity contribution in [2.75, 3.05) is 26.2 Å². The van der Waals surface area contributed by atoms with Crippen LogP contribution in [0, 0.1) is 0 Å². The Kier molecular flexibility index (Phi) is 4.81. The highest BCUT2D eigenvalue weighted by Crippen LogP contribution is 2.31. The molecule has 1 saturated heterocycles. The van der Waals surface area contributed by atoms with Gasteiger partial charge in [0.25, 0.3) is 0 Å². The molecule has 2 aliphatic rings. The van der Waals surface area contributed by atoms with Gasteiger partial charge in [-0.15, -0.1) is 0 Å². The Morgan fingerprint density at radius 1 is 1.47 bits per heavy atom. The number of hydrogen-bond acceptors (Lipinski definition) is 4. The Hall–Kier alpha value is -0.650. The van der Waals surface area contributed by atoms with Gasteiger partial charge in [-0.3, -0.25) is 4.90 Å². The number of ether oxygens (including phenoxy) is 1. The van der Waals surface area contributed by atoms with E-state index in [2.05, 4.69) is 26.1 Å². The predicted octanol–water partition coefficient (Wildman–Crippen LogP) is 1.82. The van der Waals surface area contributed by atoms with Crippen LogP contribution in [0.2, 0.25) is 0 Å². The molecule has 0 amide bonds. The molecule has 1 unspecified atom stereocenters. The minimum absolute atomic E-state index is 0.0879. The highest BCUT2D eigenvalue weighted by Gasteiger charge is 2.44. The van der Waals surface area contributed by atoms with E-state index in [4.69, 9.17) is 4.74 Å². The maximum atomic E-state index is 12.6. The fraction of sp³-hybridized carbons (Fsp3) is 0.643. The van der Waals surface area contributed by atoms with Crippen molar-refractivity contribution in [1.82, 2.24) is 10.2 Å². The van der Waals surface area contributed by atoms with Gasteiger partial charge in [0.2, 0.25) is 0 Å². The van der Waals surface area contributed by atoms with Crippen molar-refractivity contribution in [1.29, 1.82) is 0 Å². The standard InChI is InChI=1S/C14H21BrN2O2/c1-11(2)19-13(18)14(5-3-12(15)4-6-14)17-9-7-16-8-10-17/h3-5,11,16H,6-10H2,1-2H3. The third kappa shape index (κ3) is 3.27. The molecule has 0 aromatic rings. The number of nitrogens with zero attached hydrogens (tertiary/aromatic N) is 1. The molecule has 0 aromatic heterocycles. The van der Waals surface area contributed by atoms with Crippen LogP contribution in [0.4, 0.5) is 0 Å². The first kappa shape index (κ1) is 14.8. The topological polar surface area (TPSA) is 41.6 Å². The molecule has 1 aliphatic heterocycles. The average Bonchev–Trinajstić information content (AvgIpc) is 2.40. The third-order valence-corrected chi connectivity index (χ3v) is 4.09. The van der Waals surface area contributed by atoms with Gasteiger partial charge in [-0.2, -0.15) is 0 Å². The van der Waals surface area contributed by atoms with Gasteiger partial charge in [0.1, 0.15) is 5.54 Å². The zero-order chi connectivity index (χ0) is 13.9. The maximum Gasteiger partial charge on any atom is 0.331 e. The lowest BCUT2D eigenvalue weighted by Gasteiger charge is -2.43. The lowest BCUT2D eigenvalue weighted by Crippen LogP contribution is -2.60. The number of allylic oxidation sites excluding steroid dienone is 2. The van der Waals surface area contributed by atoms with Gasteiger partial charge in [0.05, 0.1) is 6.10 Å². The van der Waals surface area contributed by atoms with Crippen molar-refractivity contribution in [3.63, 3.8) is 0 Å². The summed E-state index contributed by atoms with van der Waals surface area (Å²) in [5.41, 5.74) is -0.635. The molecule has 1 atom stereocenters. The minimum Gasteiger partial charge on any atom is -0.461 e. The van der Waals surface area contributed by atoms with E-state index in [9.17, 15) is 4.79 Å². The van der Waals surface area contributed by atoms with E-state index in [0.29, 0.717) is 6.42 Å². The summed E-state index contributed by atoms with van der Waals surface area (Å²) >= 11 is 3.46. The number of carbonyl (C=O) groups is 1. The van der Waals surface area contributed by atoms with Crippen LogP contribution in [-0.2, 0) is 9.53 Å². The van der Waals surface area contributed by atoms with E-state index < -0.39 is 5.54 Å². The Morgan fingerprint density at radius 3 is 2.68 bits per heavy atom. The smallest absolute Gasteiger partial charge is 0.331 e. The summed E-state index contributed by atoms with van der Waals surface area (Å²) in [6.45, 7) is 7.33. The molecule has 2 rings (SSSR count). The highest BCUT2D eigenvalue weighted by atomic mass is 79.9. The van der Waals surface area contributed by atoms with E-state index in [1.807, 2.05) is 32.1 Å². The molecule has 1 heterocycles. The SMILES string of the molecule is CC(C)OC(=O)C1(N2CCNCC2)C=CC(Br)=CC1. The van der Waals surface area contributed by atoms with Crippen molar-refractivity contribution >= 4 is 21.9 Å². The van der Waals surface area contributed by atoms with Gasteiger partial charge in [-0.05, 0) is 26.3 Å². The lowest BCUT2D eigenvalue weighted by atomic mass is 9.88. The summed E-state index contributed by atoms with van der Waals surface area (Å²) in [6.07, 6.45) is 6.55. The summed E-state index contributed by atoms with van der Waals surface area (Å²) in [5.74, 6) is -0.142. The highest BCUT2D eigenvalue weighted by molar-refractivity contribution is 9.11. The first-order valence-corrected chi connectivity index (χ1v) is 7.55. The largest absolute Gasteiger partial charge is 0.461 e. The molecule has 19 heavy (non-hydrogen) atoms. The fourth-order valence-corrected chi connectivity index (χ4v) is 2.80. The number of carbonyl (C=O) groups excluding carboxylic acids is 1. The molecule has 106 valence electrons. The second-order valence-corrected chi connectivity index (χ2v) is 6.16. The summed E-state index contributed by atoms with van der Waals surface area (Å²) in [4.78, 5) is 14.8. The van der Waals surface area contributed by atoms with Crippen molar-refractivity contribution in [2.24, 2.45) is 0 Å². The van der Waals surface area contributed by atoms with Gasteiger partial charge in [0, 0.05) is 30.7 Å². The van der Waals surface area contributed by atoms with Crippen LogP contribution in [0.25, 0.3) is 0 Å². The van der Waals surface area contributed by atoms with Crippen molar-refractivity contribution < 1.29 is 9.53 Å². The Labute approximate surface area is 123 Å². The van der Waals surface area contributed by atoms with Crippen LogP contribution in [-0.4, -0.2) is 48.7 Å². The van der Waals surface area contributed by atoms with Gasteiger partial charge < -0.3 is 10.1 Å². The zero-order valence-electron chi connectivity index (χ0n) is 11.5. The molecular formula is C14H21BrN2O2. The average molecular weight is 329 g/mol. The Bertz CT molecular complexity index is 400. The predicted molar refractivity (Wildman–Crippen MR) is 79.2 cm³/mol. The molecule has 0 radical (unpaired) electrons. The van der Waals surface area contributed by atoms with Gasteiger partial charge in [0.15, 0.2) is 0 Å². The van der Waals surface area contributed by atoms with Gasteiger partial charge in [-0.1, -0.05) is 28.1 Å². The van der Waals surface area contributed by atoms with Crippen molar-refractivity contribution in [2.45, 2.75) is 31.9 Å². The molecule has 0 aromatic carbocycles. The minimum atomic E-state index is -0.635. The Morgan fingerprint density at radius 2 is 2.16 bits per heavy atom. The van der Waals surface area contributed by atoms with Gasteiger partial charge >= 0.3 is 5.97 Å². The second kappa shape index (κ2) is 6.20. The maximum absolute atomic E-state index is 12.6. The van der Waals surface area contributed by atoms with E-state index in [0.717, 1.165) is 30.7 Å². The van der Waals surface area contributed by atoms with Crippen molar-refractivity contribution in [3.05, 3.63) is 22.7 Å². The molecule has 1 fully saturated rings. The molecule has 0 spiro atoms. The summed E-state index contributed by atoms with van der Waals surface area (Å²) in [5, 5.41) is 3.32. The molecule has 0 saturated carbocycles. The fourth-order valence-electron chi connectivity index (χ4n) is 2.50. The van der Waals surface area contributed by atoms with E-state index in [1.54, 1.807) is 0 Å². The number of nitrogens with one attached hydrogen (secondary N) is 1. The molecule has 1 aliphatic carbocycles. The number of halogens is 1. The summed E-state index contributed by atoms with van der Waals surface area (Å²) in [7, 11) is 0. The van der Waals surface area contributed by atoms with Crippen LogP contribution in [0.5, 0.6) is 0 Å². The monoisotopic (exact) mass is 328 g/mol.